The topological polar surface area (TPSA) is 21.3 Å². The molecule has 0 saturated carbocycles. The molecule has 0 heterocycles. The SMILES string of the molecule is CBNOC. The number of rotatable bonds is 2. The number of hydrogen-bond acceptors (Lipinski definition) is 2. The van der Waals surface area contributed by atoms with E-state index in [1.165, 1.54) is 0 Å². The third kappa shape index (κ3) is 3.98. The van der Waals surface area contributed by atoms with Crippen LogP contribution in [0.1, 0.15) is 0 Å². The van der Waals surface area contributed by atoms with E-state index in [0.29, 0.717) is 0 Å². The molecule has 3 heteroatoms. The average Bonchev–Trinajstić information content (AvgIpc) is 1.41. The molecule has 0 spiro atoms. The lowest BCUT2D eigenvalue weighted by atomic mass is 10.0. The van der Waals surface area contributed by atoms with E-state index in [1.54, 1.807) is 7.11 Å². The quantitative estimate of drug-likeness (QED) is 0.352. The van der Waals surface area contributed by atoms with Crippen molar-refractivity contribution in [3.05, 3.63) is 0 Å². The lowest BCUT2D eigenvalue weighted by Crippen LogP contribution is -2.12. The molecule has 0 aliphatic rings. The Morgan fingerprint density at radius 1 is 1.80 bits per heavy atom. The maximum Gasteiger partial charge on any atom is 0.231 e. The fourth-order valence-corrected chi connectivity index (χ4v) is 0.144. The molecule has 0 unspecified atom stereocenters. The smallest absolute Gasteiger partial charge is 0.231 e. The highest BCUT2D eigenvalue weighted by Gasteiger charge is 1.66. The molecule has 0 aromatic rings. The largest absolute Gasteiger partial charge is 0.317 e. The molecule has 0 bridgehead atoms. The molecule has 0 amide bonds. The van der Waals surface area contributed by atoms with Crippen LogP contribution in [-0.4, -0.2) is 14.5 Å². The first-order valence-electron chi connectivity index (χ1n) is 1.67. The molecule has 0 aromatic heterocycles. The third-order valence-corrected chi connectivity index (χ3v) is 0.289. The van der Waals surface area contributed by atoms with Gasteiger partial charge in [-0.25, -0.2) is 5.39 Å². The Kier molecular flexibility index (Phi) is 3.97. The fourth-order valence-electron chi connectivity index (χ4n) is 0.144. The highest BCUT2D eigenvalue weighted by Crippen LogP contribution is 1.43. The molecule has 2 nitrogen and oxygen atoms in total. The average molecular weight is 72.9 g/mol. The van der Waals surface area contributed by atoms with Crippen LogP contribution in [0.3, 0.4) is 0 Å². The van der Waals surface area contributed by atoms with Gasteiger partial charge in [-0.05, 0) is 0 Å². The van der Waals surface area contributed by atoms with Gasteiger partial charge in [-0.2, -0.15) is 0 Å². The number of hydrogen-bond donors (Lipinski definition) is 1. The lowest BCUT2D eigenvalue weighted by molar-refractivity contribution is 0.154. The van der Waals surface area contributed by atoms with E-state index in [4.69, 9.17) is 0 Å². The van der Waals surface area contributed by atoms with Crippen LogP contribution in [0.5, 0.6) is 0 Å². The second kappa shape index (κ2) is 3.98. The highest BCUT2D eigenvalue weighted by molar-refractivity contribution is 6.29. The summed E-state index contributed by atoms with van der Waals surface area (Å²) in [5, 5.41) is 2.61. The Labute approximate surface area is 32.7 Å². The van der Waals surface area contributed by atoms with Gasteiger partial charge in [0.2, 0.25) is 7.41 Å². The minimum absolute atomic E-state index is 0.872. The molecule has 5 heavy (non-hydrogen) atoms. The van der Waals surface area contributed by atoms with Crippen molar-refractivity contribution < 1.29 is 4.84 Å². The van der Waals surface area contributed by atoms with E-state index < -0.39 is 0 Å². The van der Waals surface area contributed by atoms with Gasteiger partial charge >= 0.3 is 0 Å². The van der Waals surface area contributed by atoms with Gasteiger partial charge in [-0.15, -0.1) is 0 Å². The van der Waals surface area contributed by atoms with Crippen molar-refractivity contribution in [2.24, 2.45) is 0 Å². The van der Waals surface area contributed by atoms with Crippen LogP contribution in [0.4, 0.5) is 0 Å². The van der Waals surface area contributed by atoms with Gasteiger partial charge < -0.3 is 4.84 Å². The van der Waals surface area contributed by atoms with E-state index >= 15 is 0 Å². The van der Waals surface area contributed by atoms with Gasteiger partial charge in [0, 0.05) is 0 Å². The van der Waals surface area contributed by atoms with Crippen LogP contribution in [0.15, 0.2) is 0 Å². The monoisotopic (exact) mass is 73.1 g/mol. The molecule has 0 fully saturated rings. The van der Waals surface area contributed by atoms with E-state index in [0.717, 1.165) is 7.41 Å². The van der Waals surface area contributed by atoms with Crippen molar-refractivity contribution in [1.29, 1.82) is 0 Å². The molecule has 30 valence electrons. The first-order chi connectivity index (χ1) is 2.41. The van der Waals surface area contributed by atoms with E-state index in [2.05, 4.69) is 10.2 Å². The Morgan fingerprint density at radius 2 is 2.40 bits per heavy atom. The molecule has 0 aromatic carbocycles. The summed E-state index contributed by atoms with van der Waals surface area (Å²) in [5.74, 6) is 0. The Hall–Kier alpha value is -0.0151. The molecule has 0 atom stereocenters. The maximum atomic E-state index is 4.44. The van der Waals surface area contributed by atoms with Crippen LogP contribution in [0.25, 0.3) is 0 Å². The Bertz CT molecular complexity index is 17.1. The molecule has 0 aliphatic carbocycles. The summed E-state index contributed by atoms with van der Waals surface area (Å²) in [6, 6.07) is 0. The standard InChI is InChI=1S/C2H8BNO/c1-3-4-5-2/h3-4H,1-2H3. The molecule has 0 saturated heterocycles. The van der Waals surface area contributed by atoms with E-state index in [1.807, 2.05) is 6.82 Å². The minimum Gasteiger partial charge on any atom is -0.317 e. The zero-order valence-corrected chi connectivity index (χ0v) is 3.62. The lowest BCUT2D eigenvalue weighted by Gasteiger charge is -1.87. The summed E-state index contributed by atoms with van der Waals surface area (Å²) in [6.45, 7) is 1.98. The molecule has 0 radical (unpaired) electrons. The molecule has 0 rings (SSSR count). The highest BCUT2D eigenvalue weighted by atomic mass is 16.6. The first-order valence-corrected chi connectivity index (χ1v) is 1.67. The predicted octanol–water partition coefficient (Wildman–Crippen LogP) is -0.463. The van der Waals surface area contributed by atoms with Crippen molar-refractivity contribution in [2.45, 2.75) is 6.82 Å². The zero-order valence-electron chi connectivity index (χ0n) is 3.62. The van der Waals surface area contributed by atoms with Gasteiger partial charge in [0.05, 0.1) is 7.11 Å². The van der Waals surface area contributed by atoms with Crippen molar-refractivity contribution in [3.63, 3.8) is 0 Å². The normalized spacial score (nSPS) is 7.60. The Balaban J connectivity index is 2.19. The fraction of sp³-hybridized carbons (Fsp3) is 1.00. The van der Waals surface area contributed by atoms with Crippen LogP contribution in [0, 0.1) is 0 Å². The molecular weight excluding hydrogens is 64.8 g/mol. The van der Waals surface area contributed by atoms with Crippen molar-refractivity contribution >= 4 is 7.41 Å². The van der Waals surface area contributed by atoms with Crippen molar-refractivity contribution in [2.75, 3.05) is 7.11 Å². The van der Waals surface area contributed by atoms with Crippen molar-refractivity contribution in [3.8, 4) is 0 Å². The van der Waals surface area contributed by atoms with Gasteiger partial charge in [-0.3, -0.25) is 0 Å². The first kappa shape index (κ1) is 4.98. The summed E-state index contributed by atoms with van der Waals surface area (Å²) in [6.07, 6.45) is 0. The summed E-state index contributed by atoms with van der Waals surface area (Å²) in [4.78, 5) is 4.44. The summed E-state index contributed by atoms with van der Waals surface area (Å²) < 4.78 is 0. The van der Waals surface area contributed by atoms with Gasteiger partial charge in [0.1, 0.15) is 0 Å². The van der Waals surface area contributed by atoms with Gasteiger partial charge in [0.15, 0.2) is 0 Å². The van der Waals surface area contributed by atoms with Gasteiger partial charge in [0.25, 0.3) is 0 Å². The van der Waals surface area contributed by atoms with Crippen LogP contribution >= 0.6 is 0 Å². The van der Waals surface area contributed by atoms with E-state index in [-0.39, 0.29) is 0 Å². The second-order valence-electron chi connectivity index (χ2n) is 0.702. The summed E-state index contributed by atoms with van der Waals surface area (Å²) >= 11 is 0. The van der Waals surface area contributed by atoms with Crippen molar-refractivity contribution in [1.82, 2.24) is 5.39 Å². The van der Waals surface area contributed by atoms with E-state index in [9.17, 15) is 0 Å². The molecule has 0 aliphatic heterocycles. The summed E-state index contributed by atoms with van der Waals surface area (Å²) in [7, 11) is 2.47. The second-order valence-corrected chi connectivity index (χ2v) is 0.702. The zero-order chi connectivity index (χ0) is 4.12. The number of nitrogens with one attached hydrogen (secondary N) is 1. The van der Waals surface area contributed by atoms with Gasteiger partial charge in [-0.1, -0.05) is 6.82 Å². The Morgan fingerprint density at radius 3 is 2.40 bits per heavy atom. The van der Waals surface area contributed by atoms with Crippen LogP contribution in [-0.2, 0) is 4.84 Å². The predicted molar refractivity (Wildman–Crippen MR) is 23.2 cm³/mol. The third-order valence-electron chi connectivity index (χ3n) is 0.289. The molecular formula is C2H8BNO. The molecule has 1 N–H and O–H groups in total. The maximum absolute atomic E-state index is 4.44. The summed E-state index contributed by atoms with van der Waals surface area (Å²) in [5.41, 5.74) is 0. The van der Waals surface area contributed by atoms with Crippen LogP contribution in [0.2, 0.25) is 6.82 Å². The van der Waals surface area contributed by atoms with Crippen LogP contribution < -0.4 is 5.39 Å². The minimum atomic E-state index is 0.872.